The lowest BCUT2D eigenvalue weighted by molar-refractivity contribution is -0.246. The Morgan fingerprint density at radius 1 is 1.33 bits per heavy atom. The molecule has 8 heteroatoms. The predicted molar refractivity (Wildman–Crippen MR) is 110 cm³/mol. The number of aliphatic hydroxyl groups is 2. The van der Waals surface area contributed by atoms with Crippen molar-refractivity contribution in [2.45, 2.75) is 69.4 Å². The number of fused-ring (bicyclic) bond motifs is 2. The van der Waals surface area contributed by atoms with Gasteiger partial charge in [0, 0.05) is 24.2 Å². The van der Waals surface area contributed by atoms with Crippen LogP contribution in [0.4, 0.5) is 0 Å². The first-order valence-corrected chi connectivity index (χ1v) is 10.1. The Hall–Kier alpha value is -2.48. The molecule has 0 saturated carbocycles. The molecule has 1 saturated heterocycles. The summed E-state index contributed by atoms with van der Waals surface area (Å²) in [6.45, 7) is 3.07. The lowest BCUT2D eigenvalue weighted by atomic mass is 9.76. The summed E-state index contributed by atoms with van der Waals surface area (Å²) in [5.41, 5.74) is 9.03. The van der Waals surface area contributed by atoms with E-state index in [1.54, 1.807) is 6.92 Å². The van der Waals surface area contributed by atoms with Crippen LogP contribution in [0.25, 0.3) is 21.2 Å². The molecule has 0 amide bonds. The summed E-state index contributed by atoms with van der Waals surface area (Å²) < 4.78 is 12.0. The zero-order valence-electron chi connectivity index (χ0n) is 16.9. The number of nitrogens with zero attached hydrogens (tertiary/aromatic N) is 3. The second-order valence-electron chi connectivity index (χ2n) is 8.26. The van der Waals surface area contributed by atoms with Gasteiger partial charge >= 0.3 is 0 Å². The number of ketones is 1. The highest BCUT2D eigenvalue weighted by Crippen LogP contribution is 2.42. The molecule has 0 unspecified atom stereocenters. The van der Waals surface area contributed by atoms with Crippen molar-refractivity contribution in [1.29, 1.82) is 0 Å². The van der Waals surface area contributed by atoms with Crippen molar-refractivity contribution in [2.24, 2.45) is 5.11 Å². The van der Waals surface area contributed by atoms with Gasteiger partial charge in [-0.3, -0.25) is 4.79 Å². The Kier molecular flexibility index (Phi) is 5.53. The number of benzene rings is 2. The molecule has 8 nitrogen and oxygen atoms in total. The number of rotatable bonds is 4. The maximum Gasteiger partial charge on any atom is 0.161 e. The summed E-state index contributed by atoms with van der Waals surface area (Å²) in [5, 5.41) is 26.9. The molecular formula is C22H25N3O5. The minimum absolute atomic E-state index is 0.108. The molecule has 1 fully saturated rings. The number of carbonyl (C=O) groups excluding carboxylic acids is 1. The lowest BCUT2D eigenvalue weighted by Gasteiger charge is -2.41. The third-order valence-electron chi connectivity index (χ3n) is 6.21. The Bertz CT molecular complexity index is 1020. The van der Waals surface area contributed by atoms with Crippen molar-refractivity contribution < 1.29 is 24.5 Å². The summed E-state index contributed by atoms with van der Waals surface area (Å²) in [6.07, 6.45) is -2.29. The van der Waals surface area contributed by atoms with Gasteiger partial charge in [0.05, 0.1) is 24.4 Å². The zero-order valence-corrected chi connectivity index (χ0v) is 16.9. The van der Waals surface area contributed by atoms with Crippen LogP contribution < -0.4 is 0 Å². The molecule has 158 valence electrons. The van der Waals surface area contributed by atoms with Crippen LogP contribution in [-0.2, 0) is 20.7 Å². The summed E-state index contributed by atoms with van der Waals surface area (Å²) in [7, 11) is 0. The van der Waals surface area contributed by atoms with Gasteiger partial charge in [-0.1, -0.05) is 35.4 Å². The molecule has 1 heterocycles. The minimum atomic E-state index is -1.52. The van der Waals surface area contributed by atoms with E-state index in [4.69, 9.17) is 15.0 Å². The van der Waals surface area contributed by atoms with Gasteiger partial charge in [0.15, 0.2) is 12.1 Å². The third kappa shape index (κ3) is 3.80. The van der Waals surface area contributed by atoms with E-state index in [1.165, 1.54) is 6.92 Å². The van der Waals surface area contributed by atoms with Crippen LogP contribution in [0.3, 0.4) is 0 Å². The maximum atomic E-state index is 12.2. The molecule has 0 spiro atoms. The van der Waals surface area contributed by atoms with Gasteiger partial charge in [0.1, 0.15) is 5.60 Å². The SMILES string of the molecule is CC(=O)[C@]1(O)Cc2cc3ccccc3cc2[C@@H](O[C@H]2C[C@H](N=[N+]=[N-])[C@@H](O)[C@H](C)O2)C1. The number of Topliss-reactive ketones (excluding diaryl/α,β-unsaturated/α-hetero) is 1. The summed E-state index contributed by atoms with van der Waals surface area (Å²) in [4.78, 5) is 15.1. The highest BCUT2D eigenvalue weighted by Gasteiger charge is 2.44. The highest BCUT2D eigenvalue weighted by molar-refractivity contribution is 5.88. The molecule has 2 aliphatic rings. The summed E-state index contributed by atoms with van der Waals surface area (Å²) >= 11 is 0. The van der Waals surface area contributed by atoms with Crippen molar-refractivity contribution in [3.05, 3.63) is 58.0 Å². The number of carbonyl (C=O) groups is 1. The van der Waals surface area contributed by atoms with E-state index in [-0.39, 0.29) is 25.0 Å². The molecule has 2 aromatic carbocycles. The molecular weight excluding hydrogens is 386 g/mol. The van der Waals surface area contributed by atoms with E-state index < -0.39 is 36.2 Å². The quantitative estimate of drug-likeness (QED) is 0.453. The van der Waals surface area contributed by atoms with Crippen molar-refractivity contribution >= 4 is 16.6 Å². The van der Waals surface area contributed by atoms with Gasteiger partial charge in [-0.05, 0) is 47.3 Å². The topological polar surface area (TPSA) is 125 Å². The Balaban J connectivity index is 1.69. The fourth-order valence-electron chi connectivity index (χ4n) is 4.43. The van der Waals surface area contributed by atoms with Crippen LogP contribution in [0, 0.1) is 0 Å². The first kappa shape index (κ1) is 20.8. The van der Waals surface area contributed by atoms with Crippen LogP contribution in [0.5, 0.6) is 0 Å². The monoisotopic (exact) mass is 411 g/mol. The molecule has 0 bridgehead atoms. The van der Waals surface area contributed by atoms with Crippen LogP contribution in [-0.4, -0.2) is 46.1 Å². The maximum absolute atomic E-state index is 12.2. The minimum Gasteiger partial charge on any atom is -0.390 e. The average molecular weight is 411 g/mol. The molecule has 2 aromatic rings. The van der Waals surface area contributed by atoms with Gasteiger partial charge in [-0.15, -0.1) is 0 Å². The molecule has 1 aliphatic carbocycles. The van der Waals surface area contributed by atoms with Crippen molar-refractivity contribution in [3.8, 4) is 0 Å². The van der Waals surface area contributed by atoms with Gasteiger partial charge in [0.25, 0.3) is 0 Å². The lowest BCUT2D eigenvalue weighted by Crippen LogP contribution is -2.49. The smallest absolute Gasteiger partial charge is 0.161 e. The number of ether oxygens (including phenoxy) is 2. The molecule has 30 heavy (non-hydrogen) atoms. The van der Waals surface area contributed by atoms with Crippen LogP contribution in [0.2, 0.25) is 0 Å². The number of hydrogen-bond donors (Lipinski definition) is 2. The summed E-state index contributed by atoms with van der Waals surface area (Å²) in [5.74, 6) is -0.310. The molecule has 2 N–H and O–H groups in total. The highest BCUT2D eigenvalue weighted by atomic mass is 16.7. The Morgan fingerprint density at radius 2 is 2.03 bits per heavy atom. The van der Waals surface area contributed by atoms with E-state index in [0.29, 0.717) is 0 Å². The predicted octanol–water partition coefficient (Wildman–Crippen LogP) is 3.34. The van der Waals surface area contributed by atoms with E-state index in [2.05, 4.69) is 10.0 Å². The molecule has 6 atom stereocenters. The third-order valence-corrected chi connectivity index (χ3v) is 6.21. The number of aliphatic hydroxyl groups excluding tert-OH is 1. The number of azide groups is 1. The molecule has 4 rings (SSSR count). The van der Waals surface area contributed by atoms with Gasteiger partial charge in [-0.25, -0.2) is 0 Å². The first-order valence-electron chi connectivity index (χ1n) is 10.1. The van der Waals surface area contributed by atoms with Gasteiger partial charge < -0.3 is 19.7 Å². The van der Waals surface area contributed by atoms with Crippen molar-refractivity contribution in [2.75, 3.05) is 0 Å². The fraction of sp³-hybridized carbons (Fsp3) is 0.500. The molecule has 1 aliphatic heterocycles. The van der Waals surface area contributed by atoms with Crippen molar-refractivity contribution in [3.63, 3.8) is 0 Å². The molecule has 0 aromatic heterocycles. The number of hydrogen-bond acceptors (Lipinski definition) is 6. The van der Waals surface area contributed by atoms with Crippen LogP contribution in [0.1, 0.15) is 43.9 Å². The van der Waals surface area contributed by atoms with E-state index in [1.807, 2.05) is 36.4 Å². The van der Waals surface area contributed by atoms with E-state index in [0.717, 1.165) is 21.9 Å². The average Bonchev–Trinajstić information content (AvgIpc) is 2.70. The van der Waals surface area contributed by atoms with Gasteiger partial charge in [0.2, 0.25) is 0 Å². The normalized spacial score (nSPS) is 33.5. The standard InChI is InChI=1S/C22H25N3O5/c1-12-21(27)18(24-25-23)9-20(29-12)30-19-11-22(28,13(2)26)10-16-7-14-5-3-4-6-15(14)8-17(16)19/h3-8,12,18-21,27-28H,9-11H2,1-2H3/t12-,18-,19-,20-,21-,22-/m0/s1. The van der Waals surface area contributed by atoms with Crippen LogP contribution >= 0.6 is 0 Å². The van der Waals surface area contributed by atoms with Crippen LogP contribution in [0.15, 0.2) is 41.5 Å². The zero-order chi connectivity index (χ0) is 21.5. The van der Waals surface area contributed by atoms with E-state index >= 15 is 0 Å². The Morgan fingerprint density at radius 3 is 2.70 bits per heavy atom. The largest absolute Gasteiger partial charge is 0.390 e. The van der Waals surface area contributed by atoms with E-state index in [9.17, 15) is 15.0 Å². The Labute approximate surface area is 174 Å². The second-order valence-corrected chi connectivity index (χ2v) is 8.26. The summed E-state index contributed by atoms with van der Waals surface area (Å²) in [6, 6.07) is 11.2. The molecule has 0 radical (unpaired) electrons. The fourth-order valence-corrected chi connectivity index (χ4v) is 4.43. The van der Waals surface area contributed by atoms with Gasteiger partial charge in [-0.2, -0.15) is 0 Å². The second kappa shape index (κ2) is 7.98. The first-order chi connectivity index (χ1) is 14.3. The van der Waals surface area contributed by atoms with Crippen molar-refractivity contribution in [1.82, 2.24) is 0 Å².